The maximum Gasteiger partial charge on any atom is 0.190 e. The normalized spacial score (nSPS) is 18.4. The van der Waals surface area contributed by atoms with Crippen LogP contribution in [0, 0.1) is 0 Å². The van der Waals surface area contributed by atoms with Gasteiger partial charge in [-0.1, -0.05) is 30.8 Å². The molecule has 1 aliphatic rings. The van der Waals surface area contributed by atoms with E-state index in [0.29, 0.717) is 10.8 Å². The largest absolute Gasteiger partial charge is 0.208 e. The van der Waals surface area contributed by atoms with Gasteiger partial charge in [-0.25, -0.2) is 13.2 Å². The Labute approximate surface area is 113 Å². The van der Waals surface area contributed by atoms with E-state index in [1.807, 2.05) is 30.3 Å². The highest BCUT2D eigenvalue weighted by Gasteiger charge is 2.19. The second-order valence-corrected chi connectivity index (χ2v) is 4.81. The lowest BCUT2D eigenvalue weighted by molar-refractivity contribution is 0.481. The Morgan fingerprint density at radius 1 is 0.900 bits per heavy atom. The maximum absolute atomic E-state index is 13.3. The van der Waals surface area contributed by atoms with Crippen molar-refractivity contribution in [1.82, 2.24) is 0 Å². The van der Waals surface area contributed by atoms with Gasteiger partial charge in [0.1, 0.15) is 5.83 Å². The molecule has 3 rings (SSSR count). The van der Waals surface area contributed by atoms with Gasteiger partial charge in [-0.3, -0.25) is 0 Å². The molecular formula is C17H11F3. The van der Waals surface area contributed by atoms with E-state index in [1.54, 1.807) is 6.07 Å². The maximum atomic E-state index is 13.3. The summed E-state index contributed by atoms with van der Waals surface area (Å²) in [6.07, 6.45) is 0.827. The van der Waals surface area contributed by atoms with Gasteiger partial charge in [0, 0.05) is 6.42 Å². The Morgan fingerprint density at radius 2 is 1.60 bits per heavy atom. The van der Waals surface area contributed by atoms with Gasteiger partial charge in [-0.15, -0.1) is 0 Å². The fourth-order valence-electron chi connectivity index (χ4n) is 2.32. The van der Waals surface area contributed by atoms with Crippen molar-refractivity contribution in [1.29, 1.82) is 0 Å². The number of fused-ring (bicyclic) bond motifs is 1. The molecule has 0 unspecified atom stereocenters. The Balaban J connectivity index is 2.23. The van der Waals surface area contributed by atoms with Crippen molar-refractivity contribution >= 4 is 22.9 Å². The molecule has 0 fully saturated rings. The quantitative estimate of drug-likeness (QED) is 0.684. The van der Waals surface area contributed by atoms with Crippen LogP contribution >= 0.6 is 0 Å². The van der Waals surface area contributed by atoms with Crippen molar-refractivity contribution in [3.63, 3.8) is 0 Å². The molecule has 100 valence electrons. The van der Waals surface area contributed by atoms with Crippen LogP contribution in [-0.4, -0.2) is 0 Å². The van der Waals surface area contributed by atoms with Gasteiger partial charge in [0.25, 0.3) is 0 Å². The molecule has 0 aliphatic heterocycles. The summed E-state index contributed by atoms with van der Waals surface area (Å²) in [5.74, 6) is -3.61. The molecule has 2 aromatic rings. The molecule has 0 saturated carbocycles. The first-order valence-electron chi connectivity index (χ1n) is 6.18. The topological polar surface area (TPSA) is 0 Å². The summed E-state index contributed by atoms with van der Waals surface area (Å²) in [6, 6.07) is 11.2. The molecule has 1 aliphatic carbocycles. The van der Waals surface area contributed by atoms with Gasteiger partial charge in [0.2, 0.25) is 0 Å². The predicted octanol–water partition coefficient (Wildman–Crippen LogP) is 3.81. The number of allylic oxidation sites excluding steroid dienone is 4. The van der Waals surface area contributed by atoms with Crippen LogP contribution in [0.25, 0.3) is 22.9 Å². The third-order valence-electron chi connectivity index (χ3n) is 3.37. The highest BCUT2D eigenvalue weighted by molar-refractivity contribution is 5.83. The van der Waals surface area contributed by atoms with Crippen molar-refractivity contribution in [2.24, 2.45) is 0 Å². The van der Waals surface area contributed by atoms with Crippen LogP contribution in [0.5, 0.6) is 0 Å². The summed E-state index contributed by atoms with van der Waals surface area (Å²) in [4.78, 5) is 0. The highest BCUT2D eigenvalue weighted by atomic mass is 19.2. The fourth-order valence-corrected chi connectivity index (χ4v) is 2.32. The Kier molecular flexibility index (Phi) is 2.97. The van der Waals surface area contributed by atoms with E-state index in [2.05, 4.69) is 6.58 Å². The summed E-state index contributed by atoms with van der Waals surface area (Å²) < 4.78 is 39.6. The summed E-state index contributed by atoms with van der Waals surface area (Å²) in [6.45, 7) is 3.85. The van der Waals surface area contributed by atoms with Crippen LogP contribution in [0.1, 0.15) is 6.42 Å². The van der Waals surface area contributed by atoms with Gasteiger partial charge >= 0.3 is 0 Å². The van der Waals surface area contributed by atoms with E-state index >= 15 is 0 Å². The second kappa shape index (κ2) is 4.67. The third-order valence-corrected chi connectivity index (χ3v) is 3.37. The van der Waals surface area contributed by atoms with Gasteiger partial charge in [-0.2, -0.15) is 0 Å². The van der Waals surface area contributed by atoms with Crippen LogP contribution < -0.4 is 10.4 Å². The van der Waals surface area contributed by atoms with Crippen LogP contribution in [0.4, 0.5) is 13.2 Å². The van der Waals surface area contributed by atoms with Crippen LogP contribution in [-0.2, 0) is 0 Å². The second-order valence-electron chi connectivity index (χ2n) is 4.81. The van der Waals surface area contributed by atoms with E-state index in [-0.39, 0.29) is 6.42 Å². The Hall–Kier alpha value is -2.29. The molecule has 20 heavy (non-hydrogen) atoms. The number of halogens is 3. The first kappa shape index (κ1) is 12.7. The standard InChI is InChI=1S/C17H11F3/c1-10-2-3-12-7-13(5-4-11(12)6-10)14-8-15(18)17(20)16(19)9-14/h2-8H,1,9H2/b14-13+. The van der Waals surface area contributed by atoms with E-state index in [1.165, 1.54) is 0 Å². The molecule has 0 radical (unpaired) electrons. The minimum absolute atomic E-state index is 0.224. The minimum Gasteiger partial charge on any atom is -0.208 e. The molecule has 3 heteroatoms. The number of hydrogen-bond acceptors (Lipinski definition) is 0. The zero-order chi connectivity index (χ0) is 14.3. The zero-order valence-corrected chi connectivity index (χ0v) is 10.6. The average Bonchev–Trinajstić information content (AvgIpc) is 2.43. The van der Waals surface area contributed by atoms with Crippen LogP contribution in [0.15, 0.2) is 60.0 Å². The lowest BCUT2D eigenvalue weighted by Crippen LogP contribution is -2.08. The lowest BCUT2D eigenvalue weighted by Gasteiger charge is -2.09. The van der Waals surface area contributed by atoms with Gasteiger partial charge in [-0.05, 0) is 45.0 Å². The van der Waals surface area contributed by atoms with Crippen molar-refractivity contribution in [3.8, 4) is 0 Å². The first-order valence-corrected chi connectivity index (χ1v) is 6.18. The predicted molar refractivity (Wildman–Crippen MR) is 75.2 cm³/mol. The molecule has 0 N–H and O–H groups in total. The van der Waals surface area contributed by atoms with E-state index in [0.717, 1.165) is 22.1 Å². The molecule has 0 nitrogen and oxygen atoms in total. The molecule has 0 heterocycles. The average molecular weight is 272 g/mol. The van der Waals surface area contributed by atoms with E-state index < -0.39 is 17.5 Å². The minimum atomic E-state index is -1.39. The van der Waals surface area contributed by atoms with Crippen molar-refractivity contribution in [2.75, 3.05) is 0 Å². The summed E-state index contributed by atoms with van der Waals surface area (Å²) in [5.41, 5.74) is 0.432. The number of hydrogen-bond donors (Lipinski definition) is 0. The lowest BCUT2D eigenvalue weighted by atomic mass is 10.0. The number of rotatable bonds is 0. The van der Waals surface area contributed by atoms with E-state index in [9.17, 15) is 13.2 Å². The van der Waals surface area contributed by atoms with E-state index in [4.69, 9.17) is 0 Å². The molecular weight excluding hydrogens is 261 g/mol. The molecule has 2 aromatic carbocycles. The molecule has 0 amide bonds. The molecule has 0 atom stereocenters. The molecule has 0 aromatic heterocycles. The smallest absolute Gasteiger partial charge is 0.190 e. The Bertz CT molecular complexity index is 873. The SMILES string of the molecule is C=c1ccc2c/c(=C3\C=C(F)C(F)=C(F)C3)ccc2c1. The number of benzene rings is 2. The molecule has 0 spiro atoms. The molecule has 0 bridgehead atoms. The van der Waals surface area contributed by atoms with Gasteiger partial charge < -0.3 is 0 Å². The van der Waals surface area contributed by atoms with Crippen molar-refractivity contribution in [2.45, 2.75) is 6.42 Å². The van der Waals surface area contributed by atoms with Crippen molar-refractivity contribution < 1.29 is 13.2 Å². The molecule has 0 saturated heterocycles. The fraction of sp³-hybridized carbons (Fsp3) is 0.0588. The highest BCUT2D eigenvalue weighted by Crippen LogP contribution is 2.31. The van der Waals surface area contributed by atoms with Gasteiger partial charge in [0.15, 0.2) is 11.7 Å². The zero-order valence-electron chi connectivity index (χ0n) is 10.6. The van der Waals surface area contributed by atoms with Crippen LogP contribution in [0.2, 0.25) is 0 Å². The first-order chi connectivity index (χ1) is 9.54. The summed E-state index contributed by atoms with van der Waals surface area (Å²) in [5, 5.41) is 3.54. The monoisotopic (exact) mass is 272 g/mol. The van der Waals surface area contributed by atoms with Crippen LogP contribution in [0.3, 0.4) is 0 Å². The summed E-state index contributed by atoms with van der Waals surface area (Å²) >= 11 is 0. The third kappa shape index (κ3) is 2.16. The Morgan fingerprint density at radius 3 is 2.35 bits per heavy atom. The van der Waals surface area contributed by atoms with Crippen molar-refractivity contribution in [3.05, 3.63) is 70.4 Å². The van der Waals surface area contributed by atoms with Gasteiger partial charge in [0.05, 0.1) is 0 Å². The summed E-state index contributed by atoms with van der Waals surface area (Å²) in [7, 11) is 0.